The van der Waals surface area contributed by atoms with Crippen molar-refractivity contribution < 1.29 is 37.8 Å². The molecule has 0 saturated carbocycles. The van der Waals surface area contributed by atoms with Crippen LogP contribution >= 0.6 is 26.6 Å². The lowest BCUT2D eigenvalue weighted by Gasteiger charge is -1.81. The molecule has 0 radical (unpaired) electrons. The molecule has 20 heavy (non-hydrogen) atoms. The second kappa shape index (κ2) is 27.5. The third-order valence-corrected chi connectivity index (χ3v) is 0.940. The zero-order chi connectivity index (χ0) is 17.0. The maximum atomic E-state index is 9.73. The van der Waals surface area contributed by atoms with E-state index in [1.807, 2.05) is 6.08 Å². The molecule has 12 heteroatoms. The molecule has 0 aliphatic heterocycles. The fourth-order valence-electron chi connectivity index (χ4n) is 0.499. The normalized spacial score (nSPS) is 9.45. The summed E-state index contributed by atoms with van der Waals surface area (Å²) in [5.74, 6) is 0. The molecule has 0 saturated heterocycles. The Morgan fingerprint density at radius 2 is 1.00 bits per heavy atom. The highest BCUT2D eigenvalue weighted by molar-refractivity contribution is 7.40. The lowest BCUT2D eigenvalue weighted by Crippen LogP contribution is -1.61. The standard InChI is InChI=1S/C8H14.3F3P/c1-3-5-7-8-6-4-2;3*1-4(2)3/h3,6,8H,1,4-5,7H2,2H3;;;. The maximum Gasteiger partial charge on any atom is 0.456 e. The van der Waals surface area contributed by atoms with Crippen molar-refractivity contribution >= 4 is 26.6 Å². The third kappa shape index (κ3) is 202. The van der Waals surface area contributed by atoms with Crippen LogP contribution in [0.3, 0.4) is 0 Å². The molecule has 0 N–H and O–H groups in total. The summed E-state index contributed by atoms with van der Waals surface area (Å²) < 4.78 is 87.6. The van der Waals surface area contributed by atoms with Gasteiger partial charge in [0.05, 0.1) is 0 Å². The van der Waals surface area contributed by atoms with Crippen LogP contribution in [0.5, 0.6) is 0 Å². The topological polar surface area (TPSA) is 0 Å². The summed E-state index contributed by atoms with van der Waals surface area (Å²) in [6.07, 6.45) is 9.73. The van der Waals surface area contributed by atoms with Crippen molar-refractivity contribution in [1.29, 1.82) is 0 Å². The van der Waals surface area contributed by atoms with E-state index in [0.29, 0.717) is 0 Å². The minimum atomic E-state index is -4.12. The van der Waals surface area contributed by atoms with Crippen molar-refractivity contribution in [2.75, 3.05) is 0 Å². The lowest BCUT2D eigenvalue weighted by molar-refractivity contribution is 0.631. The second-order valence-electron chi connectivity index (χ2n) is 2.32. The molecule has 124 valence electrons. The van der Waals surface area contributed by atoms with Gasteiger partial charge in [-0.1, -0.05) is 25.2 Å². The molecule has 0 aromatic carbocycles. The average molecular weight is 374 g/mol. The summed E-state index contributed by atoms with van der Waals surface area (Å²) in [6.45, 7) is 5.77. The van der Waals surface area contributed by atoms with Crippen molar-refractivity contribution in [3.63, 3.8) is 0 Å². The predicted molar refractivity (Wildman–Crippen MR) is 69.6 cm³/mol. The number of hydrogen-bond acceptors (Lipinski definition) is 0. The number of unbranched alkanes of at least 4 members (excludes halogenated alkanes) is 1. The van der Waals surface area contributed by atoms with Gasteiger partial charge in [0.15, 0.2) is 0 Å². The summed E-state index contributed by atoms with van der Waals surface area (Å²) in [6, 6.07) is 0. The number of allylic oxidation sites excluding steroid dienone is 3. The predicted octanol–water partition coefficient (Wildman–Crippen LogP) is 9.28. The number of hydrogen-bond donors (Lipinski definition) is 0. The highest BCUT2D eigenvalue weighted by Gasteiger charge is 1.92. The molecule has 0 heterocycles. The first-order chi connectivity index (χ1) is 9.11. The van der Waals surface area contributed by atoms with Gasteiger partial charge in [0.25, 0.3) is 0 Å². The van der Waals surface area contributed by atoms with Gasteiger partial charge in [-0.3, -0.25) is 0 Å². The maximum absolute atomic E-state index is 9.73. The van der Waals surface area contributed by atoms with E-state index in [2.05, 4.69) is 25.7 Å². The highest BCUT2D eigenvalue weighted by Crippen LogP contribution is 2.39. The van der Waals surface area contributed by atoms with Crippen LogP contribution in [-0.2, 0) is 0 Å². The first kappa shape index (κ1) is 28.3. The van der Waals surface area contributed by atoms with E-state index in [0.717, 1.165) is 19.3 Å². The largest absolute Gasteiger partial charge is 0.456 e. The molecule has 0 spiro atoms. The van der Waals surface area contributed by atoms with Crippen LogP contribution < -0.4 is 0 Å². The monoisotopic (exact) mass is 374 g/mol. The Kier molecular flexibility index (Phi) is 38.9. The van der Waals surface area contributed by atoms with Crippen molar-refractivity contribution in [3.8, 4) is 0 Å². The van der Waals surface area contributed by atoms with Gasteiger partial charge in [0.2, 0.25) is 0 Å². The van der Waals surface area contributed by atoms with E-state index in [-0.39, 0.29) is 0 Å². The Hall–Kier alpha value is 0.140. The van der Waals surface area contributed by atoms with Crippen LogP contribution in [-0.4, -0.2) is 0 Å². The molecule has 0 aliphatic carbocycles. The molecule has 0 aromatic heterocycles. The quantitative estimate of drug-likeness (QED) is 0.199. The summed E-state index contributed by atoms with van der Waals surface area (Å²) in [4.78, 5) is 0. The fourth-order valence-corrected chi connectivity index (χ4v) is 0.499. The Labute approximate surface area is 116 Å². The van der Waals surface area contributed by atoms with Gasteiger partial charge >= 0.3 is 26.6 Å². The Morgan fingerprint density at radius 1 is 0.700 bits per heavy atom. The Bertz CT molecular complexity index is 168. The number of halogens is 9. The minimum Gasteiger partial charge on any atom is -0.152 e. The van der Waals surface area contributed by atoms with E-state index in [9.17, 15) is 37.8 Å². The van der Waals surface area contributed by atoms with Gasteiger partial charge in [0, 0.05) is 0 Å². The SMILES string of the molecule is C=CCCC=CCC.FP(F)F.FP(F)F.FP(F)F. The van der Waals surface area contributed by atoms with Crippen molar-refractivity contribution in [2.45, 2.75) is 26.2 Å². The molecule has 0 bridgehead atoms. The molecular weight excluding hydrogens is 360 g/mol. The smallest absolute Gasteiger partial charge is 0.152 e. The summed E-state index contributed by atoms with van der Waals surface area (Å²) in [7, 11) is -12.4. The van der Waals surface area contributed by atoms with Gasteiger partial charge in [0.1, 0.15) is 0 Å². The van der Waals surface area contributed by atoms with Crippen molar-refractivity contribution in [2.24, 2.45) is 0 Å². The van der Waals surface area contributed by atoms with Gasteiger partial charge in [-0.2, -0.15) is 37.8 Å². The minimum absolute atomic E-state index is 1.11. The molecule has 0 aromatic rings. The van der Waals surface area contributed by atoms with E-state index < -0.39 is 26.6 Å². The van der Waals surface area contributed by atoms with E-state index in [1.165, 1.54) is 0 Å². The first-order valence-electron chi connectivity index (χ1n) is 4.69. The molecule has 0 fully saturated rings. The number of rotatable bonds is 4. The molecular formula is C8H14F9P3. The molecule has 0 rings (SSSR count). The molecule has 0 aliphatic rings. The van der Waals surface area contributed by atoms with Crippen molar-refractivity contribution in [1.82, 2.24) is 0 Å². The van der Waals surface area contributed by atoms with Crippen molar-refractivity contribution in [3.05, 3.63) is 24.8 Å². The highest BCUT2D eigenvalue weighted by atomic mass is 31.2. The van der Waals surface area contributed by atoms with E-state index >= 15 is 0 Å². The summed E-state index contributed by atoms with van der Waals surface area (Å²) in [5.41, 5.74) is 0. The van der Waals surface area contributed by atoms with Crippen LogP contribution in [0.1, 0.15) is 26.2 Å². The lowest BCUT2D eigenvalue weighted by atomic mass is 10.3. The third-order valence-electron chi connectivity index (χ3n) is 0.940. The van der Waals surface area contributed by atoms with Crippen LogP contribution in [0, 0.1) is 0 Å². The van der Waals surface area contributed by atoms with Crippen LogP contribution in [0.2, 0.25) is 0 Å². The summed E-state index contributed by atoms with van der Waals surface area (Å²) >= 11 is 0. The molecule has 0 nitrogen and oxygen atoms in total. The van der Waals surface area contributed by atoms with Crippen LogP contribution in [0.25, 0.3) is 0 Å². The zero-order valence-corrected chi connectivity index (χ0v) is 13.0. The fraction of sp³-hybridized carbons (Fsp3) is 0.500. The summed E-state index contributed by atoms with van der Waals surface area (Å²) in [5, 5.41) is 0. The molecule has 0 atom stereocenters. The Balaban J connectivity index is -0.0000000917. The van der Waals surface area contributed by atoms with Crippen LogP contribution in [0.4, 0.5) is 37.8 Å². The second-order valence-corrected chi connectivity index (χ2v) is 3.47. The average Bonchev–Trinajstić information content (AvgIpc) is 2.22. The van der Waals surface area contributed by atoms with Gasteiger partial charge < -0.3 is 0 Å². The van der Waals surface area contributed by atoms with E-state index in [4.69, 9.17) is 0 Å². The molecule has 0 amide bonds. The van der Waals surface area contributed by atoms with E-state index in [1.54, 1.807) is 0 Å². The van der Waals surface area contributed by atoms with Gasteiger partial charge in [-0.15, -0.1) is 6.58 Å². The molecule has 0 unspecified atom stereocenters. The Morgan fingerprint density at radius 3 is 1.20 bits per heavy atom. The first-order valence-corrected chi connectivity index (χ1v) is 7.74. The van der Waals surface area contributed by atoms with Gasteiger partial charge in [-0.05, 0) is 19.3 Å². The zero-order valence-electron chi connectivity index (χ0n) is 10.3. The van der Waals surface area contributed by atoms with Gasteiger partial charge in [-0.25, -0.2) is 0 Å². The van der Waals surface area contributed by atoms with Crippen LogP contribution in [0.15, 0.2) is 24.8 Å².